The zero-order valence-corrected chi connectivity index (χ0v) is 10.1. The molecule has 3 N–H and O–H groups in total. The van der Waals surface area contributed by atoms with Crippen LogP contribution in [0.5, 0.6) is 0 Å². The van der Waals surface area contributed by atoms with E-state index in [0.29, 0.717) is 18.7 Å². The van der Waals surface area contributed by atoms with Gasteiger partial charge in [-0.1, -0.05) is 17.3 Å². The number of hydrogen-bond acceptors (Lipinski definition) is 4. The normalized spacial score (nSPS) is 10.5. The molecule has 1 heterocycles. The molecule has 0 radical (unpaired) electrons. The second kappa shape index (κ2) is 5.46. The Hall–Kier alpha value is -2.14. The van der Waals surface area contributed by atoms with E-state index in [0.717, 1.165) is 17.0 Å². The largest absolute Gasteiger partial charge is 0.366 e. The third-order valence-electron chi connectivity index (χ3n) is 2.55. The van der Waals surface area contributed by atoms with Gasteiger partial charge in [-0.25, -0.2) is 0 Å². The summed E-state index contributed by atoms with van der Waals surface area (Å²) in [5, 5.41) is 7.13. The highest BCUT2D eigenvalue weighted by atomic mass is 16.5. The van der Waals surface area contributed by atoms with E-state index in [1.807, 2.05) is 25.1 Å². The van der Waals surface area contributed by atoms with Crippen molar-refractivity contribution in [2.75, 3.05) is 0 Å². The van der Waals surface area contributed by atoms with Crippen LogP contribution in [-0.2, 0) is 13.1 Å². The Balaban J connectivity index is 1.85. The number of aromatic nitrogens is 1. The van der Waals surface area contributed by atoms with Gasteiger partial charge in [-0.2, -0.15) is 0 Å². The smallest absolute Gasteiger partial charge is 0.248 e. The van der Waals surface area contributed by atoms with Crippen LogP contribution in [0.25, 0.3) is 0 Å². The van der Waals surface area contributed by atoms with Gasteiger partial charge in [0.15, 0.2) is 0 Å². The number of rotatable bonds is 5. The molecular formula is C13H15N3O2. The van der Waals surface area contributed by atoms with Gasteiger partial charge in [-0.3, -0.25) is 4.79 Å². The fourth-order valence-electron chi connectivity index (χ4n) is 1.62. The summed E-state index contributed by atoms with van der Waals surface area (Å²) >= 11 is 0. The summed E-state index contributed by atoms with van der Waals surface area (Å²) in [6, 6.07) is 9.09. The molecule has 1 aromatic heterocycles. The highest BCUT2D eigenvalue weighted by molar-refractivity contribution is 5.92. The lowest BCUT2D eigenvalue weighted by atomic mass is 10.1. The molecule has 0 aliphatic carbocycles. The van der Waals surface area contributed by atoms with E-state index in [-0.39, 0.29) is 0 Å². The highest BCUT2D eigenvalue weighted by Gasteiger charge is 2.01. The first-order valence-electron chi connectivity index (χ1n) is 5.67. The number of carbonyl (C=O) groups is 1. The topological polar surface area (TPSA) is 81.1 Å². The van der Waals surface area contributed by atoms with E-state index in [2.05, 4.69) is 10.5 Å². The molecule has 0 spiro atoms. The molecule has 5 nitrogen and oxygen atoms in total. The molecular weight excluding hydrogens is 230 g/mol. The molecule has 0 saturated carbocycles. The van der Waals surface area contributed by atoms with Crippen LogP contribution in [0.2, 0.25) is 0 Å². The quantitative estimate of drug-likeness (QED) is 0.833. The van der Waals surface area contributed by atoms with E-state index in [1.54, 1.807) is 12.1 Å². The SMILES string of the molecule is Cc1cc(CNCc2ccc(C(N)=O)cc2)no1. The number of carbonyl (C=O) groups excluding carboxylic acids is 1. The lowest BCUT2D eigenvalue weighted by Crippen LogP contribution is -2.14. The summed E-state index contributed by atoms with van der Waals surface area (Å²) in [5.41, 5.74) is 7.65. The van der Waals surface area contributed by atoms with Crippen LogP contribution in [0, 0.1) is 6.92 Å². The molecule has 1 aromatic carbocycles. The summed E-state index contributed by atoms with van der Waals surface area (Å²) in [4.78, 5) is 10.9. The van der Waals surface area contributed by atoms with E-state index in [1.165, 1.54) is 0 Å². The number of nitrogens with one attached hydrogen (secondary N) is 1. The average Bonchev–Trinajstić information content (AvgIpc) is 2.76. The number of amides is 1. The molecule has 1 amide bonds. The van der Waals surface area contributed by atoms with Gasteiger partial charge in [0.25, 0.3) is 0 Å². The van der Waals surface area contributed by atoms with Gasteiger partial charge in [-0.05, 0) is 24.6 Å². The molecule has 2 rings (SSSR count). The maximum Gasteiger partial charge on any atom is 0.248 e. The Bertz CT molecular complexity index is 531. The number of hydrogen-bond donors (Lipinski definition) is 2. The molecule has 0 saturated heterocycles. The van der Waals surface area contributed by atoms with Crippen LogP contribution in [-0.4, -0.2) is 11.1 Å². The van der Waals surface area contributed by atoms with Crippen molar-refractivity contribution < 1.29 is 9.32 Å². The minimum atomic E-state index is -0.410. The van der Waals surface area contributed by atoms with Crippen molar-refractivity contribution in [2.45, 2.75) is 20.0 Å². The third-order valence-corrected chi connectivity index (χ3v) is 2.55. The van der Waals surface area contributed by atoms with Gasteiger partial charge in [0.05, 0.1) is 5.69 Å². The fraction of sp³-hybridized carbons (Fsp3) is 0.231. The highest BCUT2D eigenvalue weighted by Crippen LogP contribution is 2.05. The van der Waals surface area contributed by atoms with Gasteiger partial charge >= 0.3 is 0 Å². The van der Waals surface area contributed by atoms with Gasteiger partial charge < -0.3 is 15.6 Å². The fourth-order valence-corrected chi connectivity index (χ4v) is 1.62. The zero-order valence-electron chi connectivity index (χ0n) is 10.1. The van der Waals surface area contributed by atoms with E-state index < -0.39 is 5.91 Å². The minimum absolute atomic E-state index is 0.410. The molecule has 18 heavy (non-hydrogen) atoms. The molecule has 0 unspecified atom stereocenters. The first kappa shape index (κ1) is 12.3. The summed E-state index contributed by atoms with van der Waals surface area (Å²) in [5.74, 6) is 0.394. The first-order valence-corrected chi connectivity index (χ1v) is 5.67. The summed E-state index contributed by atoms with van der Waals surface area (Å²) in [7, 11) is 0. The Morgan fingerprint density at radius 3 is 2.61 bits per heavy atom. The Labute approximate surface area is 105 Å². The van der Waals surface area contributed by atoms with Crippen LogP contribution in [0.3, 0.4) is 0 Å². The zero-order chi connectivity index (χ0) is 13.0. The van der Waals surface area contributed by atoms with Crippen LogP contribution in [0.4, 0.5) is 0 Å². The van der Waals surface area contributed by atoms with Crippen LogP contribution >= 0.6 is 0 Å². The molecule has 2 aromatic rings. The van der Waals surface area contributed by atoms with Crippen LogP contribution in [0.15, 0.2) is 34.9 Å². The van der Waals surface area contributed by atoms with Crippen molar-refractivity contribution >= 4 is 5.91 Å². The molecule has 0 bridgehead atoms. The molecule has 0 fully saturated rings. The molecule has 5 heteroatoms. The van der Waals surface area contributed by atoms with Crippen molar-refractivity contribution in [1.82, 2.24) is 10.5 Å². The molecule has 0 atom stereocenters. The van der Waals surface area contributed by atoms with Crippen molar-refractivity contribution in [3.63, 3.8) is 0 Å². The number of aryl methyl sites for hydroxylation is 1. The monoisotopic (exact) mass is 245 g/mol. The predicted molar refractivity (Wildman–Crippen MR) is 66.7 cm³/mol. The second-order valence-electron chi connectivity index (χ2n) is 4.09. The van der Waals surface area contributed by atoms with Crippen molar-refractivity contribution in [2.24, 2.45) is 5.73 Å². The molecule has 0 aliphatic heterocycles. The van der Waals surface area contributed by atoms with Gasteiger partial charge in [-0.15, -0.1) is 0 Å². The Morgan fingerprint density at radius 2 is 2.06 bits per heavy atom. The second-order valence-corrected chi connectivity index (χ2v) is 4.09. The van der Waals surface area contributed by atoms with Crippen molar-refractivity contribution in [3.05, 3.63) is 52.9 Å². The van der Waals surface area contributed by atoms with Crippen LogP contribution in [0.1, 0.15) is 27.4 Å². The first-order chi connectivity index (χ1) is 8.65. The van der Waals surface area contributed by atoms with Gasteiger partial charge in [0.2, 0.25) is 5.91 Å². The number of benzene rings is 1. The summed E-state index contributed by atoms with van der Waals surface area (Å²) in [6.07, 6.45) is 0. The lowest BCUT2D eigenvalue weighted by Gasteiger charge is -2.03. The van der Waals surface area contributed by atoms with E-state index in [9.17, 15) is 4.79 Å². The van der Waals surface area contributed by atoms with Crippen LogP contribution < -0.4 is 11.1 Å². The lowest BCUT2D eigenvalue weighted by molar-refractivity contribution is 0.100. The van der Waals surface area contributed by atoms with Gasteiger partial charge in [0.1, 0.15) is 5.76 Å². The standard InChI is InChI=1S/C13H15N3O2/c1-9-6-12(16-18-9)8-15-7-10-2-4-11(5-3-10)13(14)17/h2-6,15H,7-8H2,1H3,(H2,14,17). The Kier molecular flexibility index (Phi) is 3.74. The predicted octanol–water partition coefficient (Wildman–Crippen LogP) is 1.37. The number of nitrogens with two attached hydrogens (primary N) is 1. The van der Waals surface area contributed by atoms with Gasteiger partial charge in [0, 0.05) is 24.7 Å². The summed E-state index contributed by atoms with van der Waals surface area (Å²) < 4.78 is 4.97. The average molecular weight is 245 g/mol. The summed E-state index contributed by atoms with van der Waals surface area (Å²) in [6.45, 7) is 3.21. The molecule has 94 valence electrons. The Morgan fingerprint density at radius 1 is 1.33 bits per heavy atom. The van der Waals surface area contributed by atoms with E-state index >= 15 is 0 Å². The maximum atomic E-state index is 10.9. The number of primary amides is 1. The molecule has 0 aliphatic rings. The third kappa shape index (κ3) is 3.18. The maximum absolute atomic E-state index is 10.9. The minimum Gasteiger partial charge on any atom is -0.366 e. The van der Waals surface area contributed by atoms with Crippen molar-refractivity contribution in [3.8, 4) is 0 Å². The number of nitrogens with zero attached hydrogens (tertiary/aromatic N) is 1. The van der Waals surface area contributed by atoms with Crippen molar-refractivity contribution in [1.29, 1.82) is 0 Å². The van der Waals surface area contributed by atoms with E-state index in [4.69, 9.17) is 10.3 Å².